The average molecular weight is 430 g/mol. The lowest BCUT2D eigenvalue weighted by molar-refractivity contribution is 0.261. The molecular weight excluding hydrogens is 410 g/mol. The van der Waals surface area contributed by atoms with Crippen molar-refractivity contribution in [2.45, 2.75) is 19.6 Å². The van der Waals surface area contributed by atoms with E-state index in [-0.39, 0.29) is 31.3 Å². The summed E-state index contributed by atoms with van der Waals surface area (Å²) in [7, 11) is 0. The lowest BCUT2D eigenvalue weighted by Gasteiger charge is -2.15. The van der Waals surface area contributed by atoms with E-state index in [9.17, 15) is 15.0 Å². The molecular formula is C21H20BrNO4. The fourth-order valence-electron chi connectivity index (χ4n) is 2.77. The first-order chi connectivity index (χ1) is 13.1. The molecule has 1 heterocycles. The number of aromatic nitrogens is 1. The van der Waals surface area contributed by atoms with Crippen molar-refractivity contribution in [1.82, 2.24) is 4.57 Å². The van der Waals surface area contributed by atoms with Crippen molar-refractivity contribution in [3.05, 3.63) is 92.3 Å². The first kappa shape index (κ1) is 19.2. The Balaban J connectivity index is 1.94. The van der Waals surface area contributed by atoms with Gasteiger partial charge in [-0.05, 0) is 23.3 Å². The van der Waals surface area contributed by atoms with E-state index in [1.807, 2.05) is 54.6 Å². The molecule has 3 rings (SSSR count). The number of hydrogen-bond donors (Lipinski definition) is 2. The van der Waals surface area contributed by atoms with Gasteiger partial charge in [0, 0.05) is 29.2 Å². The van der Waals surface area contributed by atoms with Gasteiger partial charge in [-0.2, -0.15) is 0 Å². The Morgan fingerprint density at radius 1 is 1.00 bits per heavy atom. The van der Waals surface area contributed by atoms with Crippen LogP contribution in [-0.2, 0) is 19.6 Å². The van der Waals surface area contributed by atoms with Crippen LogP contribution in [-0.4, -0.2) is 21.4 Å². The molecule has 0 saturated heterocycles. The minimum absolute atomic E-state index is 0.0954. The van der Waals surface area contributed by atoms with Crippen molar-refractivity contribution in [2.75, 3.05) is 6.61 Å². The van der Waals surface area contributed by atoms with Crippen LogP contribution in [0.1, 0.15) is 16.7 Å². The molecule has 0 saturated carbocycles. The summed E-state index contributed by atoms with van der Waals surface area (Å²) in [6.45, 7) is 0.124. The lowest BCUT2D eigenvalue weighted by Crippen LogP contribution is -2.24. The van der Waals surface area contributed by atoms with Gasteiger partial charge in [0.15, 0.2) is 5.75 Å². The number of aliphatic hydroxyl groups is 1. The summed E-state index contributed by atoms with van der Waals surface area (Å²) in [6, 6.07) is 17.1. The van der Waals surface area contributed by atoms with E-state index in [1.165, 1.54) is 4.57 Å². The molecule has 2 aromatic carbocycles. The Kier molecular flexibility index (Phi) is 6.32. The van der Waals surface area contributed by atoms with Crippen LogP contribution in [0.3, 0.4) is 0 Å². The minimum Gasteiger partial charge on any atom is -0.504 e. The van der Waals surface area contributed by atoms with E-state index in [2.05, 4.69) is 15.9 Å². The molecule has 5 nitrogen and oxygen atoms in total. The van der Waals surface area contributed by atoms with E-state index >= 15 is 0 Å². The van der Waals surface area contributed by atoms with Crippen molar-refractivity contribution in [3.63, 3.8) is 0 Å². The predicted molar refractivity (Wildman–Crippen MR) is 107 cm³/mol. The number of benzene rings is 2. The standard InChI is InChI=1S/C21H20BrNO4/c22-18-8-6-15(7-9-18)12-17-13-23(10-11-24)21(26)20(19(17)25)27-14-16-4-2-1-3-5-16/h1-9,13,24-25H,10-12,14H2. The summed E-state index contributed by atoms with van der Waals surface area (Å²) in [5, 5.41) is 19.9. The Morgan fingerprint density at radius 2 is 1.70 bits per heavy atom. The van der Waals surface area contributed by atoms with E-state index < -0.39 is 5.56 Å². The Labute approximate surface area is 165 Å². The third-order valence-corrected chi connectivity index (χ3v) is 4.69. The molecule has 3 aromatic rings. The number of pyridine rings is 1. The highest BCUT2D eigenvalue weighted by molar-refractivity contribution is 9.10. The monoisotopic (exact) mass is 429 g/mol. The molecule has 6 heteroatoms. The number of rotatable bonds is 7. The van der Waals surface area contributed by atoms with Crippen molar-refractivity contribution < 1.29 is 14.9 Å². The molecule has 0 amide bonds. The zero-order valence-electron chi connectivity index (χ0n) is 14.6. The average Bonchev–Trinajstić information content (AvgIpc) is 2.68. The highest BCUT2D eigenvalue weighted by atomic mass is 79.9. The van der Waals surface area contributed by atoms with Gasteiger partial charge in [0.05, 0.1) is 6.61 Å². The van der Waals surface area contributed by atoms with Crippen molar-refractivity contribution in [2.24, 2.45) is 0 Å². The molecule has 1 aromatic heterocycles. The Bertz CT molecular complexity index is 952. The second kappa shape index (κ2) is 8.88. The van der Waals surface area contributed by atoms with Gasteiger partial charge in [-0.3, -0.25) is 4.79 Å². The van der Waals surface area contributed by atoms with Crippen LogP contribution in [0.4, 0.5) is 0 Å². The molecule has 0 aliphatic rings. The van der Waals surface area contributed by atoms with Crippen molar-refractivity contribution in [3.8, 4) is 11.5 Å². The zero-order valence-corrected chi connectivity index (χ0v) is 16.2. The number of ether oxygens (including phenoxy) is 1. The summed E-state index contributed by atoms with van der Waals surface area (Å²) in [6.07, 6.45) is 2.01. The van der Waals surface area contributed by atoms with Gasteiger partial charge in [0.25, 0.3) is 5.56 Å². The second-order valence-electron chi connectivity index (χ2n) is 6.13. The fraction of sp³-hybridized carbons (Fsp3) is 0.190. The van der Waals surface area contributed by atoms with Gasteiger partial charge in [0.1, 0.15) is 6.61 Å². The number of aliphatic hydroxyl groups excluding tert-OH is 1. The van der Waals surface area contributed by atoms with Gasteiger partial charge in [-0.25, -0.2) is 0 Å². The molecule has 0 aliphatic carbocycles. The quantitative estimate of drug-likeness (QED) is 0.602. The number of aromatic hydroxyl groups is 1. The van der Waals surface area contributed by atoms with E-state index in [0.717, 1.165) is 15.6 Å². The minimum atomic E-state index is -0.461. The van der Waals surface area contributed by atoms with E-state index in [1.54, 1.807) is 6.20 Å². The highest BCUT2D eigenvalue weighted by Crippen LogP contribution is 2.29. The Morgan fingerprint density at radius 3 is 2.37 bits per heavy atom. The van der Waals surface area contributed by atoms with Crippen LogP contribution in [0.2, 0.25) is 0 Å². The molecule has 0 unspecified atom stereocenters. The fourth-order valence-corrected chi connectivity index (χ4v) is 3.03. The van der Waals surface area contributed by atoms with Crippen LogP contribution in [0.25, 0.3) is 0 Å². The van der Waals surface area contributed by atoms with Crippen LogP contribution >= 0.6 is 15.9 Å². The molecule has 0 fully saturated rings. The smallest absolute Gasteiger partial charge is 0.296 e. The molecule has 0 radical (unpaired) electrons. The van der Waals surface area contributed by atoms with E-state index in [0.29, 0.717) is 12.0 Å². The van der Waals surface area contributed by atoms with Crippen LogP contribution in [0.5, 0.6) is 11.5 Å². The molecule has 0 spiro atoms. The van der Waals surface area contributed by atoms with Crippen LogP contribution in [0.15, 0.2) is 70.1 Å². The predicted octanol–water partition coefficient (Wildman–Crippen LogP) is 3.48. The van der Waals surface area contributed by atoms with Gasteiger partial charge in [-0.1, -0.05) is 58.4 Å². The molecule has 0 atom stereocenters. The highest BCUT2D eigenvalue weighted by Gasteiger charge is 2.17. The van der Waals surface area contributed by atoms with Gasteiger partial charge in [0.2, 0.25) is 5.75 Å². The SMILES string of the molecule is O=c1c(OCc2ccccc2)c(O)c(Cc2ccc(Br)cc2)cn1CCO. The molecule has 0 aliphatic heterocycles. The maximum Gasteiger partial charge on any atom is 0.296 e. The normalized spacial score (nSPS) is 10.7. The maximum atomic E-state index is 12.6. The molecule has 140 valence electrons. The zero-order chi connectivity index (χ0) is 19.2. The van der Waals surface area contributed by atoms with Crippen LogP contribution in [0, 0.1) is 0 Å². The first-order valence-corrected chi connectivity index (χ1v) is 9.35. The third-order valence-electron chi connectivity index (χ3n) is 4.16. The maximum absolute atomic E-state index is 12.6. The molecule has 2 N–H and O–H groups in total. The number of hydrogen-bond acceptors (Lipinski definition) is 4. The lowest BCUT2D eigenvalue weighted by atomic mass is 10.1. The largest absolute Gasteiger partial charge is 0.504 e. The summed E-state index contributed by atoms with van der Waals surface area (Å²) in [5.41, 5.74) is 1.98. The summed E-state index contributed by atoms with van der Waals surface area (Å²) in [4.78, 5) is 12.6. The first-order valence-electron chi connectivity index (χ1n) is 8.56. The molecule has 0 bridgehead atoms. The van der Waals surface area contributed by atoms with Crippen LogP contribution < -0.4 is 10.3 Å². The van der Waals surface area contributed by atoms with Crippen molar-refractivity contribution in [1.29, 1.82) is 0 Å². The molecule has 27 heavy (non-hydrogen) atoms. The van der Waals surface area contributed by atoms with E-state index in [4.69, 9.17) is 4.74 Å². The summed E-state index contributed by atoms with van der Waals surface area (Å²) < 4.78 is 8.00. The van der Waals surface area contributed by atoms with Gasteiger partial charge >= 0.3 is 0 Å². The Hall–Kier alpha value is -2.57. The van der Waals surface area contributed by atoms with Gasteiger partial charge < -0.3 is 19.5 Å². The summed E-state index contributed by atoms with van der Waals surface area (Å²) in [5.74, 6) is -0.255. The number of nitrogens with zero attached hydrogens (tertiary/aromatic N) is 1. The topological polar surface area (TPSA) is 71.7 Å². The van der Waals surface area contributed by atoms with Gasteiger partial charge in [-0.15, -0.1) is 0 Å². The van der Waals surface area contributed by atoms with Crippen molar-refractivity contribution >= 4 is 15.9 Å². The third kappa shape index (κ3) is 4.78. The summed E-state index contributed by atoms with van der Waals surface area (Å²) >= 11 is 3.40. The number of halogens is 1. The second-order valence-corrected chi connectivity index (χ2v) is 7.05.